The lowest BCUT2D eigenvalue weighted by atomic mass is 9.38. The van der Waals surface area contributed by atoms with Crippen LogP contribution in [-0.2, 0) is 10.8 Å². The van der Waals surface area contributed by atoms with E-state index in [-0.39, 0.29) is 10.8 Å². The van der Waals surface area contributed by atoms with E-state index in [9.17, 15) is 10.2 Å². The molecule has 31 heavy (non-hydrogen) atoms. The molecule has 4 saturated carbocycles. The first kappa shape index (κ1) is 20.9. The standard InChI is InChI=1S/C29H38O2/c1-15-8-24(17(3)19(5)26(15)30)28-11-22-10-23(13-28)21(7)29(12-22,14-28)25-9-16(2)27(31)20(6)18(25)4/h8-9,21-23,30-31H,10-14H2,1-7H3. The summed E-state index contributed by atoms with van der Waals surface area (Å²) in [6, 6.07) is 4.62. The van der Waals surface area contributed by atoms with Crippen molar-refractivity contribution in [2.45, 2.75) is 91.4 Å². The van der Waals surface area contributed by atoms with E-state index in [1.165, 1.54) is 54.4 Å². The molecule has 0 aliphatic heterocycles. The predicted octanol–water partition coefficient (Wildman–Crippen LogP) is 6.98. The highest BCUT2D eigenvalue weighted by molar-refractivity contribution is 5.55. The summed E-state index contributed by atoms with van der Waals surface area (Å²) in [6.07, 6.45) is 6.42. The molecule has 4 bridgehead atoms. The van der Waals surface area contributed by atoms with Crippen molar-refractivity contribution < 1.29 is 10.2 Å². The van der Waals surface area contributed by atoms with Gasteiger partial charge in [0.25, 0.3) is 0 Å². The highest BCUT2D eigenvalue weighted by Crippen LogP contribution is 2.69. The molecule has 166 valence electrons. The van der Waals surface area contributed by atoms with Crippen molar-refractivity contribution in [1.29, 1.82) is 0 Å². The second-order valence-corrected chi connectivity index (χ2v) is 11.6. The molecular formula is C29H38O2. The fourth-order valence-electron chi connectivity index (χ4n) is 8.37. The molecule has 0 amide bonds. The highest BCUT2D eigenvalue weighted by Gasteiger charge is 2.62. The largest absolute Gasteiger partial charge is 0.507 e. The van der Waals surface area contributed by atoms with Gasteiger partial charge >= 0.3 is 0 Å². The number of hydrogen-bond donors (Lipinski definition) is 2. The maximum absolute atomic E-state index is 10.6. The van der Waals surface area contributed by atoms with Crippen molar-refractivity contribution in [2.24, 2.45) is 17.8 Å². The van der Waals surface area contributed by atoms with Gasteiger partial charge in [0.2, 0.25) is 0 Å². The first-order chi connectivity index (χ1) is 14.5. The van der Waals surface area contributed by atoms with Crippen molar-refractivity contribution in [3.05, 3.63) is 56.6 Å². The molecule has 2 aromatic rings. The van der Waals surface area contributed by atoms with Crippen molar-refractivity contribution >= 4 is 0 Å². The van der Waals surface area contributed by atoms with Crippen molar-refractivity contribution in [3.8, 4) is 11.5 Å². The van der Waals surface area contributed by atoms with E-state index >= 15 is 0 Å². The van der Waals surface area contributed by atoms with Crippen LogP contribution in [0.25, 0.3) is 0 Å². The van der Waals surface area contributed by atoms with Crippen LogP contribution in [0.15, 0.2) is 12.1 Å². The molecule has 2 aromatic carbocycles. The molecule has 5 unspecified atom stereocenters. The Morgan fingerprint density at radius 2 is 1.29 bits per heavy atom. The van der Waals surface area contributed by atoms with E-state index in [1.54, 1.807) is 0 Å². The van der Waals surface area contributed by atoms with Gasteiger partial charge in [-0.15, -0.1) is 0 Å². The van der Waals surface area contributed by atoms with Crippen LogP contribution in [0.2, 0.25) is 0 Å². The molecule has 0 spiro atoms. The van der Waals surface area contributed by atoms with Crippen LogP contribution < -0.4 is 0 Å². The van der Waals surface area contributed by atoms with Crippen molar-refractivity contribution in [3.63, 3.8) is 0 Å². The molecule has 2 N–H and O–H groups in total. The van der Waals surface area contributed by atoms with E-state index in [1.807, 2.05) is 0 Å². The van der Waals surface area contributed by atoms with Crippen LogP contribution in [-0.4, -0.2) is 10.2 Å². The molecule has 2 heteroatoms. The van der Waals surface area contributed by atoms with Gasteiger partial charge in [-0.25, -0.2) is 0 Å². The van der Waals surface area contributed by atoms with Crippen LogP contribution in [0.1, 0.15) is 83.5 Å². The topological polar surface area (TPSA) is 40.5 Å². The molecule has 0 aromatic heterocycles. The third-order valence-electron chi connectivity index (χ3n) is 10.1. The Labute approximate surface area is 187 Å². The molecule has 6 rings (SSSR count). The number of benzene rings is 2. The molecule has 0 heterocycles. The van der Waals surface area contributed by atoms with Gasteiger partial charge in [-0.1, -0.05) is 19.1 Å². The zero-order valence-electron chi connectivity index (χ0n) is 20.3. The third kappa shape index (κ3) is 2.63. The maximum Gasteiger partial charge on any atom is 0.121 e. The predicted molar refractivity (Wildman–Crippen MR) is 127 cm³/mol. The summed E-state index contributed by atoms with van der Waals surface area (Å²) in [5, 5.41) is 21.2. The minimum absolute atomic E-state index is 0.184. The number of aryl methyl sites for hydroxylation is 2. The molecular weight excluding hydrogens is 380 g/mol. The SMILES string of the molecule is Cc1cc(C23CC4CC(C2)C(C)C(c2cc(C)c(O)c(C)c2C)(C4)C3)c(C)c(C)c1O. The first-order valence-corrected chi connectivity index (χ1v) is 12.1. The summed E-state index contributed by atoms with van der Waals surface area (Å²) in [4.78, 5) is 0. The van der Waals surface area contributed by atoms with E-state index in [4.69, 9.17) is 0 Å². The van der Waals surface area contributed by atoms with E-state index < -0.39 is 0 Å². The van der Waals surface area contributed by atoms with Crippen LogP contribution >= 0.6 is 0 Å². The van der Waals surface area contributed by atoms with E-state index in [2.05, 4.69) is 60.6 Å². The number of phenols is 2. The Balaban J connectivity index is 1.73. The average Bonchev–Trinajstić information content (AvgIpc) is 2.73. The van der Waals surface area contributed by atoms with Gasteiger partial charge < -0.3 is 10.2 Å². The first-order valence-electron chi connectivity index (χ1n) is 12.1. The summed E-state index contributed by atoms with van der Waals surface area (Å²) in [6.45, 7) is 15.2. The van der Waals surface area contributed by atoms with Crippen LogP contribution in [0.5, 0.6) is 11.5 Å². The Kier molecular flexibility index (Phi) is 4.40. The Morgan fingerprint density at radius 3 is 1.90 bits per heavy atom. The fourth-order valence-corrected chi connectivity index (χ4v) is 8.37. The van der Waals surface area contributed by atoms with Gasteiger partial charge in [0.1, 0.15) is 11.5 Å². The fraction of sp³-hybridized carbons (Fsp3) is 0.586. The number of hydrogen-bond acceptors (Lipinski definition) is 2. The monoisotopic (exact) mass is 418 g/mol. The van der Waals surface area contributed by atoms with Crippen LogP contribution in [0, 0.1) is 59.3 Å². The lowest BCUT2D eigenvalue weighted by molar-refractivity contribution is -0.0731. The summed E-state index contributed by atoms with van der Waals surface area (Å²) < 4.78 is 0. The number of phenolic OH excluding ortho intramolecular Hbond substituents is 2. The normalized spacial score (nSPS) is 33.8. The lowest BCUT2D eigenvalue weighted by Gasteiger charge is -2.66. The molecule has 4 fully saturated rings. The van der Waals surface area contributed by atoms with Gasteiger partial charge in [-0.3, -0.25) is 0 Å². The quantitative estimate of drug-likeness (QED) is 0.552. The Bertz CT molecular complexity index is 1100. The maximum atomic E-state index is 10.6. The van der Waals surface area contributed by atoms with Gasteiger partial charge in [0.05, 0.1) is 0 Å². The van der Waals surface area contributed by atoms with Gasteiger partial charge in [-0.2, -0.15) is 0 Å². The molecule has 5 atom stereocenters. The molecule has 0 saturated heterocycles. The smallest absolute Gasteiger partial charge is 0.121 e. The van der Waals surface area contributed by atoms with Crippen molar-refractivity contribution in [2.75, 3.05) is 0 Å². The van der Waals surface area contributed by atoms with Crippen molar-refractivity contribution in [1.82, 2.24) is 0 Å². The Hall–Kier alpha value is -1.96. The summed E-state index contributed by atoms with van der Waals surface area (Å²) >= 11 is 0. The highest BCUT2D eigenvalue weighted by atomic mass is 16.3. The summed E-state index contributed by atoms with van der Waals surface area (Å²) in [5.41, 5.74) is 10.1. The second-order valence-electron chi connectivity index (χ2n) is 11.6. The molecule has 0 radical (unpaired) electrons. The van der Waals surface area contributed by atoms with Crippen LogP contribution in [0.4, 0.5) is 0 Å². The van der Waals surface area contributed by atoms with Gasteiger partial charge in [0, 0.05) is 0 Å². The minimum atomic E-state index is 0.184. The number of rotatable bonds is 2. The molecule has 4 aliphatic rings. The lowest BCUT2D eigenvalue weighted by Crippen LogP contribution is -2.60. The number of aromatic hydroxyl groups is 2. The molecule has 2 nitrogen and oxygen atoms in total. The summed E-state index contributed by atoms with van der Waals surface area (Å²) in [5.74, 6) is 3.12. The van der Waals surface area contributed by atoms with Gasteiger partial charge in [0.15, 0.2) is 0 Å². The average molecular weight is 419 g/mol. The Morgan fingerprint density at radius 1 is 0.742 bits per heavy atom. The zero-order chi connectivity index (χ0) is 22.5. The van der Waals surface area contributed by atoms with E-state index in [0.717, 1.165) is 34.1 Å². The second kappa shape index (κ2) is 6.53. The third-order valence-corrected chi connectivity index (χ3v) is 10.1. The minimum Gasteiger partial charge on any atom is -0.507 e. The van der Waals surface area contributed by atoms with Gasteiger partial charge in [-0.05, 0) is 147 Å². The molecule has 4 aliphatic carbocycles. The summed E-state index contributed by atoms with van der Waals surface area (Å²) in [7, 11) is 0. The van der Waals surface area contributed by atoms with Crippen LogP contribution in [0.3, 0.4) is 0 Å². The zero-order valence-corrected chi connectivity index (χ0v) is 20.3. The van der Waals surface area contributed by atoms with E-state index in [0.29, 0.717) is 17.4 Å².